The van der Waals surface area contributed by atoms with Crippen molar-refractivity contribution in [2.24, 2.45) is 7.05 Å². The Morgan fingerprint density at radius 3 is 2.57 bits per heavy atom. The number of rotatable bonds is 5. The number of nitrogens with one attached hydrogen (secondary N) is 1. The average Bonchev–Trinajstić information content (AvgIpc) is 3.07. The number of hydrogen-bond donors (Lipinski definition) is 1. The normalized spacial score (nSPS) is 14.2. The Bertz CT molecular complexity index is 835. The number of hydrogen-bond acceptors (Lipinski definition) is 2. The van der Waals surface area contributed by atoms with Crippen LogP contribution in [0.4, 0.5) is 0 Å². The Morgan fingerprint density at radius 2 is 1.87 bits per heavy atom. The van der Waals surface area contributed by atoms with E-state index < -0.39 is 10.0 Å². The largest absolute Gasteiger partial charge is 0.352 e. The first-order valence-electron chi connectivity index (χ1n) is 8.12. The van der Waals surface area contributed by atoms with Crippen LogP contribution < -0.4 is 4.72 Å². The molecule has 1 aromatic heterocycles. The number of benzene rings is 1. The van der Waals surface area contributed by atoms with Crippen LogP contribution >= 0.6 is 0 Å². The molecule has 0 radical (unpaired) electrons. The van der Waals surface area contributed by atoms with Crippen LogP contribution in [0.1, 0.15) is 34.5 Å². The summed E-state index contributed by atoms with van der Waals surface area (Å²) in [6.07, 6.45) is 3.88. The second kappa shape index (κ2) is 6.13. The summed E-state index contributed by atoms with van der Waals surface area (Å²) in [5.41, 5.74) is 6.06. The van der Waals surface area contributed by atoms with Gasteiger partial charge in [-0.15, -0.1) is 0 Å². The average molecular weight is 332 g/mol. The van der Waals surface area contributed by atoms with Crippen LogP contribution in [0.15, 0.2) is 29.2 Å². The first-order valence-corrected chi connectivity index (χ1v) is 9.60. The molecule has 1 N–H and O–H groups in total. The fourth-order valence-electron chi connectivity index (χ4n) is 3.31. The van der Waals surface area contributed by atoms with Gasteiger partial charge in [-0.1, -0.05) is 6.07 Å². The van der Waals surface area contributed by atoms with Gasteiger partial charge in [0.1, 0.15) is 0 Å². The van der Waals surface area contributed by atoms with Gasteiger partial charge < -0.3 is 4.57 Å². The van der Waals surface area contributed by atoms with Crippen LogP contribution in [0.25, 0.3) is 0 Å². The second-order valence-corrected chi connectivity index (χ2v) is 8.15. The molecule has 0 atom stereocenters. The summed E-state index contributed by atoms with van der Waals surface area (Å²) in [4.78, 5) is 0.388. The Labute approximate surface area is 138 Å². The summed E-state index contributed by atoms with van der Waals surface area (Å²) in [6, 6.07) is 7.65. The monoisotopic (exact) mass is 332 g/mol. The van der Waals surface area contributed by atoms with Gasteiger partial charge in [-0.2, -0.15) is 0 Å². The van der Waals surface area contributed by atoms with E-state index in [0.717, 1.165) is 19.3 Å². The van der Waals surface area contributed by atoms with Crippen molar-refractivity contribution in [1.82, 2.24) is 9.29 Å². The number of aryl methyl sites for hydroxylation is 3. The fraction of sp³-hybridized carbons (Fsp3) is 0.444. The Hall–Kier alpha value is -1.59. The van der Waals surface area contributed by atoms with Gasteiger partial charge in [-0.3, -0.25) is 0 Å². The molecule has 5 heteroatoms. The molecule has 1 aromatic carbocycles. The summed E-state index contributed by atoms with van der Waals surface area (Å²) >= 11 is 0. The van der Waals surface area contributed by atoms with Gasteiger partial charge in [-0.05, 0) is 74.4 Å². The van der Waals surface area contributed by atoms with Crippen molar-refractivity contribution in [3.8, 4) is 0 Å². The highest BCUT2D eigenvalue weighted by molar-refractivity contribution is 7.89. The predicted octanol–water partition coefficient (Wildman–Crippen LogP) is 2.65. The van der Waals surface area contributed by atoms with Gasteiger partial charge >= 0.3 is 0 Å². The van der Waals surface area contributed by atoms with E-state index in [1.807, 2.05) is 19.2 Å². The highest BCUT2D eigenvalue weighted by atomic mass is 32.2. The van der Waals surface area contributed by atoms with Gasteiger partial charge in [0.15, 0.2) is 0 Å². The van der Waals surface area contributed by atoms with Crippen molar-refractivity contribution < 1.29 is 8.42 Å². The number of aromatic nitrogens is 1. The van der Waals surface area contributed by atoms with E-state index in [1.165, 1.54) is 28.1 Å². The highest BCUT2D eigenvalue weighted by Gasteiger charge is 2.18. The van der Waals surface area contributed by atoms with Gasteiger partial charge in [0.25, 0.3) is 0 Å². The van der Waals surface area contributed by atoms with E-state index in [0.29, 0.717) is 17.9 Å². The minimum Gasteiger partial charge on any atom is -0.352 e. The molecule has 0 bridgehead atoms. The Balaban J connectivity index is 1.68. The number of sulfonamides is 1. The van der Waals surface area contributed by atoms with Crippen LogP contribution in [0.2, 0.25) is 0 Å². The van der Waals surface area contributed by atoms with E-state index in [-0.39, 0.29) is 0 Å². The maximum absolute atomic E-state index is 12.5. The zero-order chi connectivity index (χ0) is 16.6. The third-order valence-electron chi connectivity index (χ3n) is 4.95. The minimum atomic E-state index is -3.42. The van der Waals surface area contributed by atoms with Crippen molar-refractivity contribution in [2.75, 3.05) is 6.54 Å². The quantitative estimate of drug-likeness (QED) is 0.915. The molecule has 2 aromatic rings. The fourth-order valence-corrected chi connectivity index (χ4v) is 4.39. The van der Waals surface area contributed by atoms with E-state index >= 15 is 0 Å². The molecule has 1 aliphatic carbocycles. The van der Waals surface area contributed by atoms with E-state index in [2.05, 4.69) is 29.2 Å². The molecule has 0 aliphatic heterocycles. The minimum absolute atomic E-state index is 0.388. The lowest BCUT2D eigenvalue weighted by atomic mass is 10.1. The van der Waals surface area contributed by atoms with Crippen molar-refractivity contribution in [3.63, 3.8) is 0 Å². The highest BCUT2D eigenvalue weighted by Crippen LogP contribution is 2.24. The van der Waals surface area contributed by atoms with Crippen LogP contribution in [0.3, 0.4) is 0 Å². The molecule has 0 unspecified atom stereocenters. The van der Waals surface area contributed by atoms with Crippen LogP contribution in [-0.2, 0) is 36.3 Å². The standard InChI is InChI=1S/C18H24N2O2S/c1-13-11-16(14(2)20(13)3)9-10-19-23(21,22)18-8-7-15-5-4-6-17(15)12-18/h7-8,11-12,19H,4-6,9-10H2,1-3H3. The molecule has 0 spiro atoms. The lowest BCUT2D eigenvalue weighted by molar-refractivity contribution is 0.581. The van der Waals surface area contributed by atoms with Crippen molar-refractivity contribution in [1.29, 1.82) is 0 Å². The third kappa shape index (κ3) is 3.21. The summed E-state index contributed by atoms with van der Waals surface area (Å²) < 4.78 is 29.8. The number of fused-ring (bicyclic) bond motifs is 1. The zero-order valence-electron chi connectivity index (χ0n) is 14.0. The third-order valence-corrected chi connectivity index (χ3v) is 6.41. The lowest BCUT2D eigenvalue weighted by Gasteiger charge is -2.09. The topological polar surface area (TPSA) is 51.1 Å². The van der Waals surface area contributed by atoms with Crippen molar-refractivity contribution in [3.05, 3.63) is 52.3 Å². The summed E-state index contributed by atoms with van der Waals surface area (Å²) in [5, 5.41) is 0. The molecular formula is C18H24N2O2S. The Kier molecular flexibility index (Phi) is 4.34. The molecular weight excluding hydrogens is 308 g/mol. The molecule has 0 amide bonds. The van der Waals surface area contributed by atoms with Crippen molar-refractivity contribution in [2.45, 2.75) is 44.4 Å². The smallest absolute Gasteiger partial charge is 0.240 e. The summed E-state index contributed by atoms with van der Waals surface area (Å²) in [7, 11) is -1.39. The molecule has 4 nitrogen and oxygen atoms in total. The molecule has 124 valence electrons. The van der Waals surface area contributed by atoms with Gasteiger partial charge in [0, 0.05) is 25.0 Å². The van der Waals surface area contributed by atoms with E-state index in [1.54, 1.807) is 6.07 Å². The van der Waals surface area contributed by atoms with Crippen LogP contribution in [0, 0.1) is 13.8 Å². The van der Waals surface area contributed by atoms with E-state index in [9.17, 15) is 8.42 Å². The molecule has 0 fully saturated rings. The first kappa shape index (κ1) is 16.3. The predicted molar refractivity (Wildman–Crippen MR) is 92.2 cm³/mol. The van der Waals surface area contributed by atoms with Crippen molar-refractivity contribution >= 4 is 10.0 Å². The number of nitrogens with zero attached hydrogens (tertiary/aromatic N) is 1. The van der Waals surface area contributed by atoms with Gasteiger partial charge in [0.2, 0.25) is 10.0 Å². The second-order valence-electron chi connectivity index (χ2n) is 6.39. The molecule has 0 saturated carbocycles. The van der Waals surface area contributed by atoms with Gasteiger partial charge in [0.05, 0.1) is 4.90 Å². The van der Waals surface area contributed by atoms with Crippen LogP contribution in [-0.4, -0.2) is 19.5 Å². The molecule has 1 aliphatic rings. The zero-order valence-corrected chi connectivity index (χ0v) is 14.8. The molecule has 3 rings (SSSR count). The maximum atomic E-state index is 12.5. The van der Waals surface area contributed by atoms with Crippen LogP contribution in [0.5, 0.6) is 0 Å². The first-order chi connectivity index (χ1) is 10.9. The van der Waals surface area contributed by atoms with Gasteiger partial charge in [-0.25, -0.2) is 13.1 Å². The summed E-state index contributed by atoms with van der Waals surface area (Å²) in [6.45, 7) is 4.55. The molecule has 0 saturated heterocycles. The molecule has 1 heterocycles. The Morgan fingerprint density at radius 1 is 1.13 bits per heavy atom. The summed E-state index contributed by atoms with van der Waals surface area (Å²) in [5.74, 6) is 0. The lowest BCUT2D eigenvalue weighted by Crippen LogP contribution is -2.26. The SMILES string of the molecule is Cc1cc(CCNS(=O)(=O)c2ccc3c(c2)CCC3)c(C)n1C. The van der Waals surface area contributed by atoms with E-state index in [4.69, 9.17) is 0 Å². The molecule has 23 heavy (non-hydrogen) atoms. The maximum Gasteiger partial charge on any atom is 0.240 e.